The van der Waals surface area contributed by atoms with Crippen LogP contribution in [-0.2, 0) is 26.2 Å². The number of halogens is 1. The first-order valence-corrected chi connectivity index (χ1v) is 16.6. The second-order valence-electron chi connectivity index (χ2n) is 10.9. The molecule has 4 aromatic carbocycles. The number of carbonyl (C=O) groups is 2. The van der Waals surface area contributed by atoms with Crippen molar-refractivity contribution in [2.75, 3.05) is 17.4 Å². The van der Waals surface area contributed by atoms with Crippen LogP contribution in [0.2, 0.25) is 5.02 Å². The van der Waals surface area contributed by atoms with E-state index in [0.717, 1.165) is 9.87 Å². The van der Waals surface area contributed by atoms with Gasteiger partial charge in [0.2, 0.25) is 11.8 Å². The van der Waals surface area contributed by atoms with Gasteiger partial charge in [-0.15, -0.1) is 0 Å². The number of nitrogens with zero attached hydrogens (tertiary/aromatic N) is 2. The summed E-state index contributed by atoms with van der Waals surface area (Å²) in [5, 5.41) is 3.47. The summed E-state index contributed by atoms with van der Waals surface area (Å²) in [4.78, 5) is 29.1. The van der Waals surface area contributed by atoms with Crippen molar-refractivity contribution in [1.29, 1.82) is 0 Å². The van der Waals surface area contributed by atoms with Gasteiger partial charge in [0.25, 0.3) is 10.0 Å². The summed E-state index contributed by atoms with van der Waals surface area (Å²) in [5.74, 6) is 0.528. The highest BCUT2D eigenvalue weighted by Crippen LogP contribution is 2.29. The van der Waals surface area contributed by atoms with Crippen LogP contribution >= 0.6 is 11.6 Å². The molecule has 0 radical (unpaired) electrons. The Kier molecular flexibility index (Phi) is 11.6. The van der Waals surface area contributed by atoms with Gasteiger partial charge >= 0.3 is 0 Å². The van der Waals surface area contributed by atoms with E-state index < -0.39 is 28.5 Å². The van der Waals surface area contributed by atoms with E-state index in [1.165, 1.54) is 17.0 Å². The highest BCUT2D eigenvalue weighted by Gasteiger charge is 2.33. The summed E-state index contributed by atoms with van der Waals surface area (Å²) < 4.78 is 35.1. The van der Waals surface area contributed by atoms with Crippen molar-refractivity contribution in [3.8, 4) is 11.5 Å². The second-order valence-corrected chi connectivity index (χ2v) is 13.2. The fraction of sp³-hybridized carbons (Fsp3) is 0.257. The summed E-state index contributed by atoms with van der Waals surface area (Å²) in [6.45, 7) is 5.81. The van der Waals surface area contributed by atoms with Gasteiger partial charge in [-0.25, -0.2) is 8.42 Å². The van der Waals surface area contributed by atoms with Gasteiger partial charge in [0, 0.05) is 18.1 Å². The van der Waals surface area contributed by atoms with Crippen LogP contribution in [0, 0.1) is 5.92 Å². The van der Waals surface area contributed by atoms with E-state index in [0.29, 0.717) is 29.5 Å². The van der Waals surface area contributed by atoms with E-state index in [2.05, 4.69) is 5.32 Å². The topological polar surface area (TPSA) is 96.0 Å². The maximum Gasteiger partial charge on any atom is 0.264 e. The Hall–Kier alpha value is -4.34. The van der Waals surface area contributed by atoms with Crippen LogP contribution in [0.5, 0.6) is 11.5 Å². The number of para-hydroxylation sites is 1. The van der Waals surface area contributed by atoms with E-state index in [-0.39, 0.29) is 29.0 Å². The lowest BCUT2D eigenvalue weighted by Crippen LogP contribution is -2.52. The van der Waals surface area contributed by atoms with Gasteiger partial charge in [0.05, 0.1) is 10.6 Å². The molecule has 45 heavy (non-hydrogen) atoms. The highest BCUT2D eigenvalue weighted by molar-refractivity contribution is 7.92. The third kappa shape index (κ3) is 9.09. The van der Waals surface area contributed by atoms with Gasteiger partial charge in [-0.2, -0.15) is 0 Å². The fourth-order valence-electron chi connectivity index (χ4n) is 4.68. The number of ether oxygens (including phenoxy) is 1. The van der Waals surface area contributed by atoms with Crippen molar-refractivity contribution in [2.45, 2.75) is 44.7 Å². The number of sulfonamides is 1. The summed E-state index contributed by atoms with van der Waals surface area (Å²) in [6, 6.07) is 29.8. The van der Waals surface area contributed by atoms with E-state index in [4.69, 9.17) is 16.3 Å². The molecule has 10 heteroatoms. The third-order valence-corrected chi connectivity index (χ3v) is 9.09. The van der Waals surface area contributed by atoms with Gasteiger partial charge < -0.3 is 15.0 Å². The zero-order valence-corrected chi connectivity index (χ0v) is 27.2. The molecule has 1 atom stereocenters. The molecule has 2 amide bonds. The lowest BCUT2D eigenvalue weighted by atomic mass is 10.1. The summed E-state index contributed by atoms with van der Waals surface area (Å²) in [7, 11) is -4.18. The van der Waals surface area contributed by atoms with Crippen LogP contribution in [0.25, 0.3) is 0 Å². The highest BCUT2D eigenvalue weighted by atomic mass is 35.5. The van der Waals surface area contributed by atoms with Crippen LogP contribution in [0.4, 0.5) is 5.69 Å². The molecule has 0 spiro atoms. The SMILES string of the molecule is CC[C@@H](C(=O)NCC(C)C)N(Cc1ccc(Cl)cc1)C(=O)CN(c1ccc(Oc2ccccc2)cc1)S(=O)(=O)c1ccccc1. The van der Waals surface area contributed by atoms with Crippen LogP contribution in [-0.4, -0.2) is 44.3 Å². The number of rotatable bonds is 14. The predicted octanol–water partition coefficient (Wildman–Crippen LogP) is 6.91. The van der Waals surface area contributed by atoms with E-state index in [9.17, 15) is 18.0 Å². The maximum atomic E-state index is 14.2. The molecule has 0 fully saturated rings. The average Bonchev–Trinajstić information content (AvgIpc) is 3.04. The number of benzene rings is 4. The lowest BCUT2D eigenvalue weighted by molar-refractivity contribution is -0.140. The van der Waals surface area contributed by atoms with Crippen LogP contribution in [0.15, 0.2) is 114 Å². The Labute approximate surface area is 270 Å². The lowest BCUT2D eigenvalue weighted by Gasteiger charge is -2.33. The molecule has 4 rings (SSSR count). The number of hydrogen-bond acceptors (Lipinski definition) is 5. The molecule has 4 aromatic rings. The monoisotopic (exact) mass is 647 g/mol. The Bertz CT molecular complexity index is 1650. The minimum absolute atomic E-state index is 0.0355. The molecule has 0 aliphatic heterocycles. The molecule has 0 saturated carbocycles. The quantitative estimate of drug-likeness (QED) is 0.161. The molecule has 0 aliphatic rings. The summed E-state index contributed by atoms with van der Waals surface area (Å²) in [5.41, 5.74) is 1.03. The largest absolute Gasteiger partial charge is 0.457 e. The molecule has 0 unspecified atom stereocenters. The number of hydrogen-bond donors (Lipinski definition) is 1. The molecule has 8 nitrogen and oxygen atoms in total. The first-order valence-electron chi connectivity index (χ1n) is 14.8. The van der Waals surface area contributed by atoms with Crippen molar-refractivity contribution in [3.05, 3.63) is 120 Å². The first-order chi connectivity index (χ1) is 21.6. The Morgan fingerprint density at radius 1 is 0.822 bits per heavy atom. The normalized spacial score (nSPS) is 11.9. The number of amides is 2. The Morgan fingerprint density at radius 3 is 1.98 bits per heavy atom. The number of carbonyl (C=O) groups excluding carboxylic acids is 2. The summed E-state index contributed by atoms with van der Waals surface area (Å²) >= 11 is 6.10. The van der Waals surface area contributed by atoms with Crippen LogP contribution in [0.3, 0.4) is 0 Å². The number of anilines is 1. The molecule has 0 bridgehead atoms. The molecule has 0 heterocycles. The fourth-order valence-corrected chi connectivity index (χ4v) is 6.24. The Morgan fingerprint density at radius 2 is 1.40 bits per heavy atom. The van der Waals surface area contributed by atoms with E-state index >= 15 is 0 Å². The minimum Gasteiger partial charge on any atom is -0.457 e. The van der Waals surface area contributed by atoms with Gasteiger partial charge in [0.15, 0.2) is 0 Å². The van der Waals surface area contributed by atoms with Gasteiger partial charge in [-0.05, 0) is 78.6 Å². The van der Waals surface area contributed by atoms with Crippen molar-refractivity contribution < 1.29 is 22.7 Å². The van der Waals surface area contributed by atoms with E-state index in [1.54, 1.807) is 66.7 Å². The van der Waals surface area contributed by atoms with Crippen molar-refractivity contribution in [3.63, 3.8) is 0 Å². The maximum absolute atomic E-state index is 14.2. The zero-order chi connectivity index (χ0) is 32.4. The standard InChI is InChI=1S/C35H38ClN3O5S/c1-4-33(35(41)37-23-26(2)3)38(24-27-15-17-28(36)18-16-27)34(40)25-39(45(42,43)32-13-9-6-10-14-32)29-19-21-31(22-20-29)44-30-11-7-5-8-12-30/h5-22,26,33H,4,23-25H2,1-3H3,(H,37,41)/t33-/m0/s1. The van der Waals surface area contributed by atoms with Crippen LogP contribution in [0.1, 0.15) is 32.8 Å². The van der Waals surface area contributed by atoms with Crippen molar-refractivity contribution in [2.24, 2.45) is 5.92 Å². The predicted molar refractivity (Wildman–Crippen MR) is 178 cm³/mol. The second kappa shape index (κ2) is 15.6. The molecule has 1 N–H and O–H groups in total. The summed E-state index contributed by atoms with van der Waals surface area (Å²) in [6.07, 6.45) is 0.334. The third-order valence-electron chi connectivity index (χ3n) is 7.05. The van der Waals surface area contributed by atoms with Crippen molar-refractivity contribution in [1.82, 2.24) is 10.2 Å². The van der Waals surface area contributed by atoms with Crippen LogP contribution < -0.4 is 14.4 Å². The minimum atomic E-state index is -4.18. The van der Waals surface area contributed by atoms with Gasteiger partial charge in [-0.3, -0.25) is 13.9 Å². The molecule has 0 aliphatic carbocycles. The zero-order valence-electron chi connectivity index (χ0n) is 25.6. The first kappa shape index (κ1) is 33.6. The average molecular weight is 648 g/mol. The van der Waals surface area contributed by atoms with Gasteiger partial charge in [0.1, 0.15) is 24.1 Å². The smallest absolute Gasteiger partial charge is 0.264 e. The van der Waals surface area contributed by atoms with Gasteiger partial charge in [-0.1, -0.05) is 80.9 Å². The molecular formula is C35H38ClN3O5S. The van der Waals surface area contributed by atoms with Crippen molar-refractivity contribution >= 4 is 39.1 Å². The molecule has 0 saturated heterocycles. The molecule has 0 aromatic heterocycles. The molecule has 236 valence electrons. The number of nitrogens with one attached hydrogen (secondary N) is 1. The Balaban J connectivity index is 1.70. The van der Waals surface area contributed by atoms with E-state index in [1.807, 2.05) is 51.1 Å². The molecular weight excluding hydrogens is 610 g/mol.